The van der Waals surface area contributed by atoms with E-state index in [2.05, 4.69) is 6.07 Å². The van der Waals surface area contributed by atoms with Crippen molar-refractivity contribution >= 4 is 16.6 Å². The van der Waals surface area contributed by atoms with E-state index in [4.69, 9.17) is 0 Å². The maximum absolute atomic E-state index is 12.3. The van der Waals surface area contributed by atoms with E-state index in [1.807, 2.05) is 54.7 Å². The van der Waals surface area contributed by atoms with Crippen LogP contribution in [0.1, 0.15) is 16.1 Å². The first-order valence-electron chi connectivity index (χ1n) is 6.68. The van der Waals surface area contributed by atoms with E-state index >= 15 is 0 Å². The van der Waals surface area contributed by atoms with Crippen molar-refractivity contribution in [1.29, 1.82) is 5.26 Å². The highest BCUT2D eigenvalue weighted by Gasteiger charge is 2.17. The summed E-state index contributed by atoms with van der Waals surface area (Å²) < 4.78 is 1.71. The van der Waals surface area contributed by atoms with Crippen LogP contribution in [0.5, 0.6) is 0 Å². The number of nitrogens with zero attached hydrogens (tertiary/aromatic N) is 2. The van der Waals surface area contributed by atoms with Crippen LogP contribution in [-0.4, -0.2) is 5.78 Å². The number of aromatic nitrogens is 1. The molecule has 0 radical (unpaired) electrons. The number of hydrogen-bond acceptors (Lipinski definition) is 2. The third-order valence-electron chi connectivity index (χ3n) is 3.42. The maximum Gasteiger partial charge on any atom is 0.284 e. The summed E-state index contributed by atoms with van der Waals surface area (Å²) in [7, 11) is 0. The van der Waals surface area contributed by atoms with Gasteiger partial charge in [-0.2, -0.15) is 9.83 Å². The summed E-state index contributed by atoms with van der Waals surface area (Å²) in [5, 5.41) is 11.3. The van der Waals surface area contributed by atoms with Crippen LogP contribution in [0.25, 0.3) is 10.8 Å². The SMILES string of the molecule is N#Cc1cc2ccccc2c[n+]1CC(=O)c1ccccc1. The van der Waals surface area contributed by atoms with E-state index in [1.54, 1.807) is 16.7 Å². The average Bonchev–Trinajstić information content (AvgIpc) is 2.55. The van der Waals surface area contributed by atoms with Crippen LogP contribution in [0.15, 0.2) is 66.9 Å². The van der Waals surface area contributed by atoms with Gasteiger partial charge in [-0.15, -0.1) is 0 Å². The van der Waals surface area contributed by atoms with Crippen molar-refractivity contribution < 1.29 is 9.36 Å². The number of carbonyl (C=O) groups is 1. The molecule has 0 spiro atoms. The van der Waals surface area contributed by atoms with Crippen LogP contribution < -0.4 is 4.57 Å². The van der Waals surface area contributed by atoms with Gasteiger partial charge in [0.25, 0.3) is 5.69 Å². The van der Waals surface area contributed by atoms with Crippen LogP contribution >= 0.6 is 0 Å². The lowest BCUT2D eigenvalue weighted by atomic mass is 10.1. The van der Waals surface area contributed by atoms with E-state index in [9.17, 15) is 10.1 Å². The van der Waals surface area contributed by atoms with Crippen molar-refractivity contribution in [2.45, 2.75) is 6.54 Å². The van der Waals surface area contributed by atoms with Crippen LogP contribution in [0.3, 0.4) is 0 Å². The lowest BCUT2D eigenvalue weighted by Crippen LogP contribution is -2.40. The molecule has 100 valence electrons. The Kier molecular flexibility index (Phi) is 3.44. The molecule has 3 heteroatoms. The van der Waals surface area contributed by atoms with Gasteiger partial charge in [-0.1, -0.05) is 48.5 Å². The molecule has 3 nitrogen and oxygen atoms in total. The second kappa shape index (κ2) is 5.56. The molecular formula is C18H13N2O+. The van der Waals surface area contributed by atoms with Gasteiger partial charge in [0.15, 0.2) is 12.3 Å². The third kappa shape index (κ3) is 2.65. The molecule has 0 amide bonds. The quantitative estimate of drug-likeness (QED) is 0.544. The van der Waals surface area contributed by atoms with Gasteiger partial charge in [0.2, 0.25) is 12.3 Å². The van der Waals surface area contributed by atoms with Crippen LogP contribution in [0.4, 0.5) is 0 Å². The van der Waals surface area contributed by atoms with E-state index < -0.39 is 0 Å². The minimum absolute atomic E-state index is 0.00705. The minimum atomic E-state index is -0.00705. The average molecular weight is 273 g/mol. The molecule has 0 saturated carbocycles. The maximum atomic E-state index is 12.3. The lowest BCUT2D eigenvalue weighted by molar-refractivity contribution is -0.684. The zero-order valence-electron chi connectivity index (χ0n) is 11.4. The highest BCUT2D eigenvalue weighted by molar-refractivity contribution is 5.95. The first-order valence-corrected chi connectivity index (χ1v) is 6.68. The van der Waals surface area contributed by atoms with Crippen molar-refractivity contribution in [3.8, 4) is 6.07 Å². The molecule has 21 heavy (non-hydrogen) atoms. The predicted octanol–water partition coefficient (Wildman–Crippen LogP) is 2.88. The highest BCUT2D eigenvalue weighted by Crippen LogP contribution is 2.12. The number of ketones is 1. The van der Waals surface area contributed by atoms with E-state index in [0.717, 1.165) is 10.8 Å². The van der Waals surface area contributed by atoms with Crippen molar-refractivity contribution in [1.82, 2.24) is 0 Å². The molecule has 1 heterocycles. The summed E-state index contributed by atoms with van der Waals surface area (Å²) in [5.41, 5.74) is 1.14. The molecule has 3 rings (SSSR count). The first-order chi connectivity index (χ1) is 10.3. The molecule has 2 aromatic carbocycles. The Morgan fingerprint density at radius 3 is 2.38 bits per heavy atom. The Bertz CT molecular complexity index is 848. The van der Waals surface area contributed by atoms with Crippen LogP contribution in [0, 0.1) is 11.3 Å². The molecule has 3 aromatic rings. The molecule has 1 aromatic heterocycles. The van der Waals surface area contributed by atoms with Crippen molar-refractivity contribution in [3.05, 3.63) is 78.1 Å². The Morgan fingerprint density at radius 1 is 1.00 bits per heavy atom. The van der Waals surface area contributed by atoms with E-state index in [1.165, 1.54) is 0 Å². The summed E-state index contributed by atoms with van der Waals surface area (Å²) in [4.78, 5) is 12.3. The molecule has 0 saturated heterocycles. The summed E-state index contributed by atoms with van der Waals surface area (Å²) in [5.74, 6) is -0.00705. The van der Waals surface area contributed by atoms with Gasteiger partial charge in [-0.25, -0.2) is 0 Å². The highest BCUT2D eigenvalue weighted by atomic mass is 16.1. The van der Waals surface area contributed by atoms with Crippen LogP contribution in [-0.2, 0) is 6.54 Å². The predicted molar refractivity (Wildman–Crippen MR) is 79.6 cm³/mol. The van der Waals surface area contributed by atoms with E-state index in [0.29, 0.717) is 11.3 Å². The summed E-state index contributed by atoms with van der Waals surface area (Å²) in [6.07, 6.45) is 1.86. The third-order valence-corrected chi connectivity index (χ3v) is 3.42. The number of rotatable bonds is 3. The number of benzene rings is 2. The fourth-order valence-corrected chi connectivity index (χ4v) is 2.32. The molecule has 0 aliphatic carbocycles. The summed E-state index contributed by atoms with van der Waals surface area (Å²) in [6.45, 7) is 0.164. The first kappa shape index (κ1) is 13.0. The zero-order valence-corrected chi connectivity index (χ0v) is 11.4. The Balaban J connectivity index is 2.00. The van der Waals surface area contributed by atoms with Gasteiger partial charge in [-0.05, 0) is 11.5 Å². The molecule has 0 N–H and O–H groups in total. The van der Waals surface area contributed by atoms with Gasteiger partial charge in [-0.3, -0.25) is 4.79 Å². The van der Waals surface area contributed by atoms with Gasteiger partial charge in [0, 0.05) is 17.0 Å². The molecule has 0 atom stereocenters. The standard InChI is InChI=1S/C18H13N2O/c19-11-17-10-15-8-4-5-9-16(15)12-20(17)13-18(21)14-6-2-1-3-7-14/h1-10,12H,13H2/q+1. The number of fused-ring (bicyclic) bond motifs is 1. The minimum Gasteiger partial charge on any atom is -0.287 e. The van der Waals surface area contributed by atoms with E-state index in [-0.39, 0.29) is 12.3 Å². The molecule has 0 fully saturated rings. The van der Waals surface area contributed by atoms with Crippen molar-refractivity contribution in [3.63, 3.8) is 0 Å². The number of carbonyl (C=O) groups excluding carboxylic acids is 1. The fraction of sp³-hybridized carbons (Fsp3) is 0.0556. The molecular weight excluding hydrogens is 260 g/mol. The second-order valence-electron chi connectivity index (χ2n) is 4.82. The lowest BCUT2D eigenvalue weighted by Gasteiger charge is -2.02. The monoisotopic (exact) mass is 273 g/mol. The number of Topliss-reactive ketones (excluding diaryl/α,β-unsaturated/α-hetero) is 1. The molecule has 0 bridgehead atoms. The number of nitriles is 1. The number of hydrogen-bond donors (Lipinski definition) is 0. The molecule has 0 aliphatic rings. The summed E-state index contributed by atoms with van der Waals surface area (Å²) in [6, 6.07) is 20.9. The fourth-order valence-electron chi connectivity index (χ4n) is 2.32. The summed E-state index contributed by atoms with van der Waals surface area (Å²) >= 11 is 0. The van der Waals surface area contributed by atoms with Gasteiger partial charge in [0.1, 0.15) is 0 Å². The smallest absolute Gasteiger partial charge is 0.284 e. The molecule has 0 unspecified atom stereocenters. The topological polar surface area (TPSA) is 44.7 Å². The van der Waals surface area contributed by atoms with Crippen molar-refractivity contribution in [2.75, 3.05) is 0 Å². The number of pyridine rings is 1. The second-order valence-corrected chi connectivity index (χ2v) is 4.82. The zero-order chi connectivity index (χ0) is 14.7. The normalized spacial score (nSPS) is 10.2. The Hall–Kier alpha value is -2.99. The Labute approximate surface area is 122 Å². The van der Waals surface area contributed by atoms with Gasteiger partial charge in [0.05, 0.1) is 0 Å². The largest absolute Gasteiger partial charge is 0.287 e. The molecule has 0 aliphatic heterocycles. The van der Waals surface area contributed by atoms with Gasteiger partial charge >= 0.3 is 0 Å². The van der Waals surface area contributed by atoms with Gasteiger partial charge < -0.3 is 0 Å². The Morgan fingerprint density at radius 2 is 1.67 bits per heavy atom. The van der Waals surface area contributed by atoms with Crippen molar-refractivity contribution in [2.24, 2.45) is 0 Å². The van der Waals surface area contributed by atoms with Crippen LogP contribution in [0.2, 0.25) is 0 Å².